The molecule has 0 aromatic heterocycles. The minimum atomic E-state index is -0.662. The molecule has 1 aliphatic rings. The van der Waals surface area contributed by atoms with Crippen molar-refractivity contribution >= 4 is 23.5 Å². The molecule has 0 unspecified atom stereocenters. The summed E-state index contributed by atoms with van der Waals surface area (Å²) < 4.78 is 10.8. The molecule has 6 nitrogen and oxygen atoms in total. The number of hydrogen-bond donors (Lipinski definition) is 2. The third-order valence-electron chi connectivity index (χ3n) is 9.87. The summed E-state index contributed by atoms with van der Waals surface area (Å²) in [5, 5.41) is 19.3. The van der Waals surface area contributed by atoms with Gasteiger partial charge in [-0.3, -0.25) is 0 Å². The summed E-state index contributed by atoms with van der Waals surface area (Å²) in [7, 11) is 0. The zero-order valence-electron chi connectivity index (χ0n) is 29.0. The molecule has 0 bridgehead atoms. The van der Waals surface area contributed by atoms with E-state index in [4.69, 9.17) is 21.1 Å². The number of ether oxygens (including phenoxy) is 2. The molecule has 0 spiro atoms. The third-order valence-corrected chi connectivity index (χ3v) is 10.2. The molecule has 1 aliphatic carbocycles. The normalized spacial score (nSPS) is 16.0. The summed E-state index contributed by atoms with van der Waals surface area (Å²) in [6.45, 7) is 10.6. The van der Waals surface area contributed by atoms with E-state index >= 15 is 0 Å². The van der Waals surface area contributed by atoms with Crippen LogP contribution in [-0.4, -0.2) is 48.6 Å². The number of halogens is 1. The van der Waals surface area contributed by atoms with Crippen LogP contribution in [0.4, 0.5) is 0 Å². The van der Waals surface area contributed by atoms with Crippen LogP contribution in [0.25, 0.3) is 22.3 Å². The lowest BCUT2D eigenvalue weighted by molar-refractivity contribution is -0.146. The van der Waals surface area contributed by atoms with Crippen molar-refractivity contribution in [1.82, 2.24) is 0 Å². The zero-order chi connectivity index (χ0) is 35.3. The number of carbonyl (C=O) groups excluding carboxylic acids is 2. The van der Waals surface area contributed by atoms with Gasteiger partial charge in [-0.25, -0.2) is 9.59 Å². The van der Waals surface area contributed by atoms with Gasteiger partial charge in [0.25, 0.3) is 0 Å². The maximum atomic E-state index is 12.2. The number of aliphatic hydroxyl groups is 2. The molecule has 1 saturated carbocycles. The van der Waals surface area contributed by atoms with Crippen molar-refractivity contribution in [2.75, 3.05) is 26.4 Å². The summed E-state index contributed by atoms with van der Waals surface area (Å²) in [5.41, 5.74) is 8.53. The zero-order valence-corrected chi connectivity index (χ0v) is 29.8. The summed E-state index contributed by atoms with van der Waals surface area (Å²) in [6.07, 6.45) is 9.23. The molecule has 3 aromatic rings. The quantitative estimate of drug-likeness (QED) is 0.0836. The van der Waals surface area contributed by atoms with Gasteiger partial charge in [-0.1, -0.05) is 106 Å². The van der Waals surface area contributed by atoms with E-state index in [1.807, 2.05) is 0 Å². The van der Waals surface area contributed by atoms with Crippen LogP contribution in [0.1, 0.15) is 81.4 Å². The first-order valence-corrected chi connectivity index (χ1v) is 18.0. The van der Waals surface area contributed by atoms with Crippen molar-refractivity contribution in [2.24, 2.45) is 11.8 Å². The van der Waals surface area contributed by atoms with Crippen LogP contribution in [0.15, 0.2) is 85.0 Å². The van der Waals surface area contributed by atoms with Crippen molar-refractivity contribution in [3.63, 3.8) is 0 Å². The fraction of sp³-hybridized carbons (Fsp3) is 0.429. The van der Waals surface area contributed by atoms with Gasteiger partial charge in [0.2, 0.25) is 0 Å². The van der Waals surface area contributed by atoms with E-state index in [1.54, 1.807) is 0 Å². The first-order chi connectivity index (χ1) is 23.7. The van der Waals surface area contributed by atoms with Gasteiger partial charge in [0.1, 0.15) is 0 Å². The second-order valence-corrected chi connectivity index (χ2v) is 13.6. The Morgan fingerprint density at radius 2 is 1.37 bits per heavy atom. The SMILES string of the molecule is C=C(CO)C(=O)OCC(COC(=O)C(=C)CO)C1CCC(c2ccc(-c3ccc(-c4ccc(CCCCC)c(Cl)c4)cc3)c(CC)c2)CC1. The van der Waals surface area contributed by atoms with Gasteiger partial charge in [-0.15, -0.1) is 0 Å². The van der Waals surface area contributed by atoms with E-state index in [2.05, 4.69) is 87.7 Å². The van der Waals surface area contributed by atoms with Gasteiger partial charge >= 0.3 is 11.9 Å². The fourth-order valence-electron chi connectivity index (χ4n) is 6.72. The Kier molecular flexibility index (Phi) is 14.7. The average Bonchev–Trinajstić information content (AvgIpc) is 3.14. The Morgan fingerprint density at radius 1 is 0.776 bits per heavy atom. The number of rotatable bonds is 17. The topological polar surface area (TPSA) is 93.1 Å². The average molecular weight is 687 g/mol. The summed E-state index contributed by atoms with van der Waals surface area (Å²) in [6, 6.07) is 22.0. The van der Waals surface area contributed by atoms with Crippen molar-refractivity contribution < 1.29 is 29.3 Å². The summed E-state index contributed by atoms with van der Waals surface area (Å²) in [5.74, 6) is -0.960. The lowest BCUT2D eigenvalue weighted by atomic mass is 9.73. The number of benzene rings is 3. The first-order valence-electron chi connectivity index (χ1n) is 17.6. The number of aryl methyl sites for hydroxylation is 2. The maximum Gasteiger partial charge on any atom is 0.335 e. The fourth-order valence-corrected chi connectivity index (χ4v) is 7.00. The molecule has 4 rings (SSSR count). The highest BCUT2D eigenvalue weighted by atomic mass is 35.5. The molecule has 7 heteroatoms. The predicted molar refractivity (Wildman–Crippen MR) is 197 cm³/mol. The van der Waals surface area contributed by atoms with Gasteiger partial charge in [0.05, 0.1) is 37.6 Å². The van der Waals surface area contributed by atoms with Crippen LogP contribution in [0, 0.1) is 11.8 Å². The lowest BCUT2D eigenvalue weighted by Crippen LogP contribution is -2.31. The Balaban J connectivity index is 1.41. The molecule has 2 N–H and O–H groups in total. The van der Waals surface area contributed by atoms with Gasteiger partial charge < -0.3 is 19.7 Å². The summed E-state index contributed by atoms with van der Waals surface area (Å²) >= 11 is 6.65. The standard InChI is InChI=1S/C42H51ClO6/c1-5-7-8-9-35-18-19-37(23-40(35)43)32-14-16-34(17-15-32)39-21-20-36(22-30(39)6-2)31-10-12-33(13-11-31)38(26-48-41(46)28(3)24-44)27-49-42(47)29(4)25-45/h14-23,31,33,38,44-45H,3-13,24-27H2,1-2H3. The maximum absolute atomic E-state index is 12.2. The molecule has 3 aromatic carbocycles. The number of hydrogen-bond acceptors (Lipinski definition) is 6. The van der Waals surface area contributed by atoms with Crippen LogP contribution in [0.2, 0.25) is 5.02 Å². The third kappa shape index (κ3) is 10.4. The van der Waals surface area contributed by atoms with E-state index in [1.165, 1.54) is 40.7 Å². The number of unbranched alkanes of at least 4 members (excludes halogenated alkanes) is 2. The Hall–Kier alpha value is -3.71. The van der Waals surface area contributed by atoms with Gasteiger partial charge in [0, 0.05) is 10.9 Å². The van der Waals surface area contributed by atoms with Crippen LogP contribution in [0.5, 0.6) is 0 Å². The van der Waals surface area contributed by atoms with E-state index in [0.29, 0.717) is 5.92 Å². The van der Waals surface area contributed by atoms with Gasteiger partial charge in [0.15, 0.2) is 0 Å². The number of carbonyl (C=O) groups is 2. The number of aliphatic hydroxyl groups excluding tert-OH is 2. The highest BCUT2D eigenvalue weighted by Crippen LogP contribution is 2.41. The van der Waals surface area contributed by atoms with Crippen LogP contribution in [0.3, 0.4) is 0 Å². The predicted octanol–water partition coefficient (Wildman–Crippen LogP) is 9.04. The van der Waals surface area contributed by atoms with Crippen molar-refractivity contribution in [3.05, 3.63) is 107 Å². The molecule has 0 amide bonds. The molecule has 0 aliphatic heterocycles. The minimum Gasteiger partial charge on any atom is -0.462 e. The van der Waals surface area contributed by atoms with E-state index in [-0.39, 0.29) is 36.2 Å². The van der Waals surface area contributed by atoms with E-state index in [0.717, 1.165) is 61.1 Å². The molecule has 0 saturated heterocycles. The van der Waals surface area contributed by atoms with Crippen LogP contribution < -0.4 is 0 Å². The van der Waals surface area contributed by atoms with E-state index < -0.39 is 25.2 Å². The van der Waals surface area contributed by atoms with Crippen LogP contribution in [-0.2, 0) is 31.9 Å². The Bertz CT molecular complexity index is 1550. The molecule has 49 heavy (non-hydrogen) atoms. The van der Waals surface area contributed by atoms with Crippen LogP contribution >= 0.6 is 11.6 Å². The van der Waals surface area contributed by atoms with Crippen molar-refractivity contribution in [3.8, 4) is 22.3 Å². The first kappa shape index (κ1) is 38.1. The molecule has 0 atom stereocenters. The van der Waals surface area contributed by atoms with Gasteiger partial charge in [-0.05, 0) is 102 Å². The monoisotopic (exact) mass is 686 g/mol. The van der Waals surface area contributed by atoms with Gasteiger partial charge in [-0.2, -0.15) is 0 Å². The number of esters is 2. The minimum absolute atomic E-state index is 0.0214. The highest BCUT2D eigenvalue weighted by molar-refractivity contribution is 6.31. The summed E-state index contributed by atoms with van der Waals surface area (Å²) in [4.78, 5) is 24.4. The lowest BCUT2D eigenvalue weighted by Gasteiger charge is -2.34. The highest BCUT2D eigenvalue weighted by Gasteiger charge is 2.31. The van der Waals surface area contributed by atoms with Crippen molar-refractivity contribution in [1.29, 1.82) is 0 Å². The molecular weight excluding hydrogens is 636 g/mol. The smallest absolute Gasteiger partial charge is 0.335 e. The second-order valence-electron chi connectivity index (χ2n) is 13.2. The molecular formula is C42H51ClO6. The van der Waals surface area contributed by atoms with E-state index in [9.17, 15) is 19.8 Å². The molecule has 1 fully saturated rings. The second kappa shape index (κ2) is 18.9. The Labute approximate surface area is 296 Å². The largest absolute Gasteiger partial charge is 0.462 e. The molecule has 262 valence electrons. The Morgan fingerprint density at radius 3 is 1.92 bits per heavy atom. The molecule has 0 radical (unpaired) electrons. The van der Waals surface area contributed by atoms with Crippen molar-refractivity contribution in [2.45, 2.75) is 77.6 Å². The molecule has 0 heterocycles.